The molecule has 97 heavy (non-hydrogen) atoms. The van der Waals surface area contributed by atoms with Crippen molar-refractivity contribution in [3.8, 4) is 0 Å². The standard InChI is InChI=1S/C72H116O25/c1-10-13-15-16-17-18-21-24-31-37-49(73)90-61-54(78)44(7)86-71(65(61)92-51(75)40-39-47-33-28-26-29-34-47)95-60-46(9)88-72(66(93-67(83)41(4)12-3)64(60)97-68-57(81)55(79)52(76)42(5)84-68)94-59-45(8)87-70-63(58(59)82)91-50(74)38-32-25-22-19-20-23-30-36-48(35-27-14-11-2)89-69-62(96-70)56(80)53(77)43(6)85-69/h26,28-29,33-34,39-46,48,52-66,68-72,76-82H,10-25,27,30-32,35-38H2,1-9H3/b40-39+/t41-,42-,43+,44-,45-,46-,48-,52-,53-,54-,55+,56-,57+,58+,59-,60-,61+,62+,63+,64+,65+,66+,68-,69-,70-,71-,72-/m0/s1. The first-order valence-electron chi connectivity index (χ1n) is 36.4. The molecule has 0 saturated carbocycles. The number of hydrogen-bond acceptors (Lipinski definition) is 25. The van der Waals surface area contributed by atoms with Crippen LogP contribution in [0.5, 0.6) is 0 Å². The van der Waals surface area contributed by atoms with Crippen molar-refractivity contribution in [1.82, 2.24) is 0 Å². The van der Waals surface area contributed by atoms with Gasteiger partial charge in [0.15, 0.2) is 55.9 Å². The van der Waals surface area contributed by atoms with Gasteiger partial charge in [0.1, 0.15) is 67.1 Å². The van der Waals surface area contributed by atoms with Gasteiger partial charge in [0.25, 0.3) is 0 Å². The van der Waals surface area contributed by atoms with Crippen LogP contribution in [0, 0.1) is 5.92 Å². The molecule has 6 fully saturated rings. The molecule has 7 rings (SSSR count). The molecular weight excluding hydrogens is 1260 g/mol. The van der Waals surface area contributed by atoms with Gasteiger partial charge in [-0.15, -0.1) is 0 Å². The number of carbonyl (C=O) groups excluding carboxylic acids is 4. The van der Waals surface area contributed by atoms with E-state index in [1.54, 1.807) is 45.0 Å². The van der Waals surface area contributed by atoms with Crippen molar-refractivity contribution in [2.75, 3.05) is 0 Å². The Hall–Kier alpha value is -3.84. The van der Waals surface area contributed by atoms with Gasteiger partial charge in [-0.2, -0.15) is 0 Å². The zero-order valence-corrected chi connectivity index (χ0v) is 58.6. The van der Waals surface area contributed by atoms with Gasteiger partial charge < -0.3 is 102 Å². The average Bonchev–Trinajstić information content (AvgIpc) is 0.790. The molecule has 1 aromatic carbocycles. The third kappa shape index (κ3) is 23.3. The smallest absolute Gasteiger partial charge is 0.331 e. The van der Waals surface area contributed by atoms with E-state index in [1.165, 1.54) is 46.6 Å². The van der Waals surface area contributed by atoms with Crippen LogP contribution < -0.4 is 0 Å². The Morgan fingerprint density at radius 1 is 0.495 bits per heavy atom. The van der Waals surface area contributed by atoms with Crippen LogP contribution >= 0.6 is 0 Å². The van der Waals surface area contributed by atoms with Crippen LogP contribution in [0.15, 0.2) is 36.4 Å². The van der Waals surface area contributed by atoms with E-state index >= 15 is 0 Å². The van der Waals surface area contributed by atoms with Gasteiger partial charge >= 0.3 is 23.9 Å². The van der Waals surface area contributed by atoms with Crippen molar-refractivity contribution in [1.29, 1.82) is 0 Å². The first-order valence-corrected chi connectivity index (χ1v) is 36.4. The highest BCUT2D eigenvalue weighted by Gasteiger charge is 2.59. The van der Waals surface area contributed by atoms with E-state index in [9.17, 15) is 54.9 Å². The lowest BCUT2D eigenvalue weighted by Gasteiger charge is -2.51. The Labute approximate surface area is 573 Å². The maximum Gasteiger partial charge on any atom is 0.331 e. The van der Waals surface area contributed by atoms with Crippen LogP contribution in [0.3, 0.4) is 0 Å². The molecule has 27 atom stereocenters. The average molecular weight is 1380 g/mol. The van der Waals surface area contributed by atoms with Crippen molar-refractivity contribution in [3.05, 3.63) is 42.0 Å². The number of benzene rings is 1. The van der Waals surface area contributed by atoms with Crippen LogP contribution in [-0.2, 0) is 85.5 Å². The minimum Gasteiger partial charge on any atom is -0.455 e. The van der Waals surface area contributed by atoms with E-state index in [0.29, 0.717) is 31.2 Å². The van der Waals surface area contributed by atoms with E-state index in [1.807, 2.05) is 6.07 Å². The molecule has 0 bridgehead atoms. The molecule has 6 aliphatic rings. The van der Waals surface area contributed by atoms with Gasteiger partial charge in [0.05, 0.1) is 42.5 Å². The molecule has 6 heterocycles. The van der Waals surface area contributed by atoms with Gasteiger partial charge in [0, 0.05) is 18.9 Å². The Bertz CT molecular complexity index is 2490. The lowest BCUT2D eigenvalue weighted by molar-refractivity contribution is -0.399. The minimum absolute atomic E-state index is 0.0154. The second-order valence-corrected chi connectivity index (χ2v) is 27.5. The number of aliphatic hydroxyl groups excluding tert-OH is 7. The molecule has 0 amide bonds. The number of aliphatic hydroxyl groups is 7. The van der Waals surface area contributed by atoms with Crippen LogP contribution in [0.2, 0.25) is 0 Å². The lowest BCUT2D eigenvalue weighted by Crippen LogP contribution is -2.68. The zero-order chi connectivity index (χ0) is 70.3. The summed E-state index contributed by atoms with van der Waals surface area (Å²) in [6.45, 7) is 15.2. The second-order valence-electron chi connectivity index (χ2n) is 27.5. The molecular formula is C72H116O25. The first-order chi connectivity index (χ1) is 46.5. The number of hydrogen-bond donors (Lipinski definition) is 7. The van der Waals surface area contributed by atoms with Gasteiger partial charge in [0.2, 0.25) is 0 Å². The number of carbonyl (C=O) groups is 4. The largest absolute Gasteiger partial charge is 0.455 e. The van der Waals surface area contributed by atoms with E-state index < -0.39 is 183 Å². The molecule has 0 radical (unpaired) electrons. The summed E-state index contributed by atoms with van der Waals surface area (Å²) >= 11 is 0. The molecule has 1 aromatic rings. The molecule has 0 aliphatic carbocycles. The summed E-state index contributed by atoms with van der Waals surface area (Å²) in [6, 6.07) is 8.89. The SMILES string of the molecule is CCCCCCCCCCCC(=O)O[C@@H]1[C@@H](O)[C@H](C)O[C@@H](O[C@@H]2[C@@H](O[C@@H]3O[C@@H](C)[C@H](O)[C@@H](O)[C@H]3O)[C@@H](OC(=O)[C@@H](C)CC)[C@H](O[C@@H]3[C@@H](O)[C@H]4OC(=O)CCCCCCCCC[C@H](CCCCC)O[C@@H]5O[C@H](C)[C@H](O)[C@H](O)[C@H]5O[C@@H]4O[C@H]3C)O[C@H]2C)[C@@H]1OC(=O)/C=C/c1ccccc1. The normalized spacial score (nSPS) is 38.5. The van der Waals surface area contributed by atoms with E-state index in [0.717, 1.165) is 102 Å². The molecule has 6 saturated heterocycles. The maximum atomic E-state index is 14.4. The molecule has 7 N–H and O–H groups in total. The summed E-state index contributed by atoms with van der Waals surface area (Å²) in [7, 11) is 0. The quantitative estimate of drug-likeness (QED) is 0.0193. The molecule has 0 unspecified atom stereocenters. The topological polar surface area (TPSA) is 339 Å². The number of rotatable bonds is 27. The predicted octanol–water partition coefficient (Wildman–Crippen LogP) is 7.60. The van der Waals surface area contributed by atoms with Crippen LogP contribution in [-0.4, -0.2) is 219 Å². The molecule has 554 valence electrons. The minimum atomic E-state index is -1.96. The lowest BCUT2D eigenvalue weighted by atomic mass is 9.95. The molecule has 6 aliphatic heterocycles. The van der Waals surface area contributed by atoms with Crippen LogP contribution in [0.4, 0.5) is 0 Å². The zero-order valence-electron chi connectivity index (χ0n) is 58.6. The number of fused-ring (bicyclic) bond motifs is 2. The third-order valence-electron chi connectivity index (χ3n) is 19.6. The van der Waals surface area contributed by atoms with Crippen LogP contribution in [0.1, 0.15) is 222 Å². The number of unbranched alkanes of at least 4 members (excludes halogenated alkanes) is 10. The fourth-order valence-electron chi connectivity index (χ4n) is 13.3. The van der Waals surface area contributed by atoms with Crippen molar-refractivity contribution in [3.63, 3.8) is 0 Å². The highest BCUT2D eigenvalue weighted by molar-refractivity contribution is 5.87. The number of esters is 4. The third-order valence-corrected chi connectivity index (χ3v) is 19.6. The maximum absolute atomic E-state index is 14.4. The van der Waals surface area contributed by atoms with Crippen molar-refractivity contribution in [2.45, 2.75) is 376 Å². The van der Waals surface area contributed by atoms with Gasteiger partial charge in [-0.3, -0.25) is 14.4 Å². The van der Waals surface area contributed by atoms with Gasteiger partial charge in [-0.1, -0.05) is 167 Å². The number of ether oxygens (including phenoxy) is 14. The first kappa shape index (κ1) is 80.5. The fraction of sp³-hybridized carbons (Fsp3) is 0.833. The molecule has 0 aromatic heterocycles. The Balaban J connectivity index is 1.24. The van der Waals surface area contributed by atoms with Crippen LogP contribution in [0.25, 0.3) is 6.08 Å². The van der Waals surface area contributed by atoms with E-state index in [2.05, 4.69) is 13.8 Å². The monoisotopic (exact) mass is 1380 g/mol. The van der Waals surface area contributed by atoms with Gasteiger partial charge in [-0.05, 0) is 78.4 Å². The second kappa shape index (κ2) is 40.7. The Kier molecular flexibility index (Phi) is 33.8. The van der Waals surface area contributed by atoms with Crippen molar-refractivity contribution in [2.24, 2.45) is 5.92 Å². The summed E-state index contributed by atoms with van der Waals surface area (Å²) in [5.74, 6) is -3.93. The predicted molar refractivity (Wildman–Crippen MR) is 350 cm³/mol. The summed E-state index contributed by atoms with van der Waals surface area (Å²) in [5, 5.41) is 81.5. The molecule has 0 spiro atoms. The Morgan fingerprint density at radius 3 is 1.71 bits per heavy atom. The highest BCUT2D eigenvalue weighted by Crippen LogP contribution is 2.40. The highest BCUT2D eigenvalue weighted by atomic mass is 16.8. The van der Waals surface area contributed by atoms with E-state index in [-0.39, 0.29) is 25.4 Å². The molecule has 25 heteroatoms. The summed E-state index contributed by atoms with van der Waals surface area (Å²) in [6.07, 6.45) is -17.4. The molecule has 25 nitrogen and oxygen atoms in total. The van der Waals surface area contributed by atoms with Gasteiger partial charge in [-0.25, -0.2) is 4.79 Å². The van der Waals surface area contributed by atoms with Crippen molar-refractivity contribution < 1.29 is 121 Å². The summed E-state index contributed by atoms with van der Waals surface area (Å²) < 4.78 is 90.1. The summed E-state index contributed by atoms with van der Waals surface area (Å²) in [5.41, 5.74) is 0.648. The van der Waals surface area contributed by atoms with Crippen molar-refractivity contribution >= 4 is 30.0 Å². The fourth-order valence-corrected chi connectivity index (χ4v) is 13.3. The summed E-state index contributed by atoms with van der Waals surface area (Å²) in [4.78, 5) is 56.3. The Morgan fingerprint density at radius 2 is 1.03 bits per heavy atom. The van der Waals surface area contributed by atoms with E-state index in [4.69, 9.17) is 66.3 Å².